The highest BCUT2D eigenvalue weighted by atomic mass is 35.5. The quantitative estimate of drug-likeness (QED) is 0.846. The van der Waals surface area contributed by atoms with Gasteiger partial charge in [-0.15, -0.1) is 0 Å². The smallest absolute Gasteiger partial charge is 0.130 e. The van der Waals surface area contributed by atoms with E-state index >= 15 is 0 Å². The molecule has 0 saturated carbocycles. The minimum Gasteiger partial charge on any atom is -0.396 e. The van der Waals surface area contributed by atoms with Crippen molar-refractivity contribution in [3.8, 4) is 0 Å². The molecule has 0 heterocycles. The number of methoxy groups -OCH3 is 1. The van der Waals surface area contributed by atoms with Crippen LogP contribution >= 0.6 is 11.6 Å². The summed E-state index contributed by atoms with van der Waals surface area (Å²) in [5, 5.41) is 9.04. The Hall–Kier alpha value is -0.640. The van der Waals surface area contributed by atoms with Gasteiger partial charge in [-0.05, 0) is 30.5 Å². The summed E-state index contributed by atoms with van der Waals surface area (Å²) in [6, 6.07) is 3.16. The predicted octanol–water partition coefficient (Wildman–Crippen LogP) is 2.55. The lowest BCUT2D eigenvalue weighted by atomic mass is 10.1. The summed E-state index contributed by atoms with van der Waals surface area (Å²) in [4.78, 5) is 0. The zero-order valence-electron chi connectivity index (χ0n) is 8.59. The second-order valence-corrected chi connectivity index (χ2v) is 3.71. The second kappa shape index (κ2) is 6.05. The molecular weight excluding hydrogens is 219 g/mol. The maximum atomic E-state index is 13.5. The topological polar surface area (TPSA) is 29.5 Å². The molecule has 0 spiro atoms. The number of hydrogen-bond donors (Lipinski definition) is 1. The Morgan fingerprint density at radius 3 is 2.73 bits per heavy atom. The van der Waals surface area contributed by atoms with Crippen LogP contribution in [0.5, 0.6) is 0 Å². The summed E-state index contributed by atoms with van der Waals surface area (Å²) in [5.41, 5.74) is 1.18. The molecule has 15 heavy (non-hydrogen) atoms. The van der Waals surface area contributed by atoms with Crippen LogP contribution in [0.25, 0.3) is 0 Å². The maximum absolute atomic E-state index is 13.5. The Labute approximate surface area is 93.6 Å². The van der Waals surface area contributed by atoms with Crippen molar-refractivity contribution in [3.63, 3.8) is 0 Å². The van der Waals surface area contributed by atoms with E-state index in [9.17, 15) is 4.39 Å². The third-order valence-corrected chi connectivity index (χ3v) is 2.45. The van der Waals surface area contributed by atoms with Crippen LogP contribution in [0, 0.1) is 5.82 Å². The van der Waals surface area contributed by atoms with Crippen molar-refractivity contribution in [1.29, 1.82) is 0 Å². The molecule has 1 aromatic rings. The molecule has 1 aromatic carbocycles. The van der Waals surface area contributed by atoms with Gasteiger partial charge in [0.1, 0.15) is 5.82 Å². The maximum Gasteiger partial charge on any atom is 0.130 e. The van der Waals surface area contributed by atoms with Crippen molar-refractivity contribution in [1.82, 2.24) is 0 Å². The van der Waals surface area contributed by atoms with Gasteiger partial charge in [0, 0.05) is 24.3 Å². The summed E-state index contributed by atoms with van der Waals surface area (Å²) in [6.07, 6.45) is 1.24. The van der Waals surface area contributed by atoms with Gasteiger partial charge in [0.15, 0.2) is 0 Å². The largest absolute Gasteiger partial charge is 0.396 e. The van der Waals surface area contributed by atoms with Gasteiger partial charge < -0.3 is 9.84 Å². The first-order valence-corrected chi connectivity index (χ1v) is 5.13. The van der Waals surface area contributed by atoms with Gasteiger partial charge >= 0.3 is 0 Å². The van der Waals surface area contributed by atoms with Crippen LogP contribution in [0.1, 0.15) is 17.5 Å². The Morgan fingerprint density at radius 2 is 2.20 bits per heavy atom. The van der Waals surface area contributed by atoms with Crippen molar-refractivity contribution in [2.75, 3.05) is 13.7 Å². The molecule has 0 radical (unpaired) electrons. The van der Waals surface area contributed by atoms with Crippen molar-refractivity contribution in [2.45, 2.75) is 19.4 Å². The molecule has 0 bridgehead atoms. The van der Waals surface area contributed by atoms with Gasteiger partial charge in [0.2, 0.25) is 0 Å². The van der Waals surface area contributed by atoms with E-state index < -0.39 is 0 Å². The Morgan fingerprint density at radius 1 is 1.47 bits per heavy atom. The summed E-state index contributed by atoms with van der Waals surface area (Å²) < 4.78 is 18.3. The molecule has 1 rings (SSSR count). The fourth-order valence-electron chi connectivity index (χ4n) is 1.37. The highest BCUT2D eigenvalue weighted by Crippen LogP contribution is 2.23. The first-order valence-electron chi connectivity index (χ1n) is 4.75. The monoisotopic (exact) mass is 232 g/mol. The normalized spacial score (nSPS) is 10.7. The zero-order chi connectivity index (χ0) is 11.3. The van der Waals surface area contributed by atoms with E-state index in [1.165, 1.54) is 13.2 Å². The van der Waals surface area contributed by atoms with E-state index in [1.807, 2.05) is 0 Å². The number of hydrogen-bond acceptors (Lipinski definition) is 2. The van der Waals surface area contributed by atoms with E-state index in [0.717, 1.165) is 5.56 Å². The van der Waals surface area contributed by atoms with Crippen molar-refractivity contribution < 1.29 is 14.2 Å². The Balaban J connectivity index is 2.87. The van der Waals surface area contributed by atoms with E-state index in [0.29, 0.717) is 23.4 Å². The van der Waals surface area contributed by atoms with Gasteiger partial charge in [0.05, 0.1) is 6.61 Å². The zero-order valence-corrected chi connectivity index (χ0v) is 9.35. The Bertz CT molecular complexity index is 305. The highest BCUT2D eigenvalue weighted by molar-refractivity contribution is 6.31. The molecule has 0 aliphatic heterocycles. The summed E-state index contributed by atoms with van der Waals surface area (Å²) in [7, 11) is 1.50. The molecule has 0 saturated heterocycles. The van der Waals surface area contributed by atoms with E-state index in [2.05, 4.69) is 0 Å². The van der Waals surface area contributed by atoms with Crippen LogP contribution in [0.15, 0.2) is 12.1 Å². The van der Waals surface area contributed by atoms with Gasteiger partial charge in [-0.2, -0.15) is 0 Å². The number of halogens is 2. The molecule has 2 nitrogen and oxygen atoms in total. The third-order valence-electron chi connectivity index (χ3n) is 2.11. The first-order chi connectivity index (χ1) is 7.19. The number of rotatable bonds is 5. The fourth-order valence-corrected chi connectivity index (χ4v) is 1.65. The molecule has 0 fully saturated rings. The lowest BCUT2D eigenvalue weighted by Gasteiger charge is -2.07. The average Bonchev–Trinajstić information content (AvgIpc) is 2.20. The average molecular weight is 233 g/mol. The molecule has 0 amide bonds. The summed E-state index contributed by atoms with van der Waals surface area (Å²) >= 11 is 5.91. The van der Waals surface area contributed by atoms with E-state index in [-0.39, 0.29) is 19.0 Å². The number of ether oxygens (including phenoxy) is 1. The summed E-state index contributed by atoms with van der Waals surface area (Å²) in [6.45, 7) is 0.268. The van der Waals surface area contributed by atoms with Crippen LogP contribution in [-0.2, 0) is 17.8 Å². The van der Waals surface area contributed by atoms with Gasteiger partial charge in [-0.3, -0.25) is 0 Å². The minimum atomic E-state index is -0.350. The molecular formula is C11H14ClFO2. The molecule has 84 valence electrons. The predicted molar refractivity (Wildman–Crippen MR) is 57.5 cm³/mol. The first kappa shape index (κ1) is 12.4. The molecule has 0 aliphatic rings. The lowest BCUT2D eigenvalue weighted by Crippen LogP contribution is -1.97. The molecule has 4 heteroatoms. The van der Waals surface area contributed by atoms with Gasteiger partial charge in [0.25, 0.3) is 0 Å². The van der Waals surface area contributed by atoms with Crippen LogP contribution in [-0.4, -0.2) is 18.8 Å². The number of aliphatic hydroxyl groups is 1. The highest BCUT2D eigenvalue weighted by Gasteiger charge is 2.09. The fraction of sp³-hybridized carbons (Fsp3) is 0.455. The molecule has 0 aliphatic carbocycles. The van der Waals surface area contributed by atoms with E-state index in [1.54, 1.807) is 6.07 Å². The van der Waals surface area contributed by atoms with Crippen LogP contribution in [0.2, 0.25) is 5.02 Å². The number of benzene rings is 1. The van der Waals surface area contributed by atoms with Crippen molar-refractivity contribution >= 4 is 11.6 Å². The van der Waals surface area contributed by atoms with E-state index in [4.69, 9.17) is 21.4 Å². The summed E-state index contributed by atoms with van der Waals surface area (Å²) in [5.74, 6) is -0.350. The molecule has 0 unspecified atom stereocenters. The molecule has 0 atom stereocenters. The van der Waals surface area contributed by atoms with Crippen molar-refractivity contribution in [3.05, 3.63) is 34.1 Å². The van der Waals surface area contributed by atoms with Crippen LogP contribution < -0.4 is 0 Å². The SMILES string of the molecule is COCc1c(F)cc(CCCO)cc1Cl. The van der Waals surface area contributed by atoms with Crippen LogP contribution in [0.4, 0.5) is 4.39 Å². The standard InChI is InChI=1S/C11H14ClFO2/c1-15-7-9-10(12)5-8(3-2-4-14)6-11(9)13/h5-6,14H,2-4,7H2,1H3. The number of aryl methyl sites for hydroxylation is 1. The van der Waals surface area contributed by atoms with Gasteiger partial charge in [-0.25, -0.2) is 4.39 Å². The molecule has 1 N–H and O–H groups in total. The van der Waals surface area contributed by atoms with Gasteiger partial charge in [-0.1, -0.05) is 11.6 Å². The second-order valence-electron chi connectivity index (χ2n) is 3.30. The molecule has 0 aromatic heterocycles. The number of aliphatic hydroxyl groups excluding tert-OH is 1. The lowest BCUT2D eigenvalue weighted by molar-refractivity contribution is 0.181. The van der Waals surface area contributed by atoms with Crippen LogP contribution in [0.3, 0.4) is 0 Å². The van der Waals surface area contributed by atoms with Crippen molar-refractivity contribution in [2.24, 2.45) is 0 Å². The Kier molecular flexibility index (Phi) is 5.02. The minimum absolute atomic E-state index is 0.0963. The third kappa shape index (κ3) is 3.45.